The third-order valence-corrected chi connectivity index (χ3v) is 3.62. The highest BCUT2D eigenvalue weighted by molar-refractivity contribution is 5.88. The topological polar surface area (TPSA) is 67.4 Å². The normalized spacial score (nSPS) is 16.6. The molecular weight excluding hydrogens is 244 g/mol. The van der Waals surface area contributed by atoms with Crippen molar-refractivity contribution in [1.82, 2.24) is 10.6 Å². The molecule has 0 atom stereocenters. The Morgan fingerprint density at radius 2 is 2.00 bits per heavy atom. The van der Waals surface area contributed by atoms with Gasteiger partial charge in [0.15, 0.2) is 0 Å². The lowest BCUT2D eigenvalue weighted by molar-refractivity contribution is -0.134. The molecule has 0 saturated heterocycles. The van der Waals surface area contributed by atoms with Crippen LogP contribution < -0.4 is 10.6 Å². The first kappa shape index (κ1) is 15.5. The molecule has 5 heteroatoms. The van der Waals surface area contributed by atoms with Crippen molar-refractivity contribution in [2.45, 2.75) is 32.1 Å². The Morgan fingerprint density at radius 3 is 2.58 bits per heavy atom. The van der Waals surface area contributed by atoms with Crippen molar-refractivity contribution in [1.29, 1.82) is 0 Å². The summed E-state index contributed by atoms with van der Waals surface area (Å²) < 4.78 is 5.08. The summed E-state index contributed by atoms with van der Waals surface area (Å²) in [5.41, 5.74) is -0.359. The van der Waals surface area contributed by atoms with Crippen LogP contribution in [0.1, 0.15) is 32.1 Å². The van der Waals surface area contributed by atoms with Gasteiger partial charge in [0.05, 0.1) is 18.5 Å². The van der Waals surface area contributed by atoms with Crippen LogP contribution in [-0.2, 0) is 14.3 Å². The fourth-order valence-electron chi connectivity index (χ4n) is 2.50. The van der Waals surface area contributed by atoms with Gasteiger partial charge >= 0.3 is 0 Å². The summed E-state index contributed by atoms with van der Waals surface area (Å²) in [4.78, 5) is 23.7. The highest BCUT2D eigenvalue weighted by Gasteiger charge is 2.40. The van der Waals surface area contributed by atoms with Crippen LogP contribution in [0.25, 0.3) is 0 Å². The molecule has 106 valence electrons. The van der Waals surface area contributed by atoms with Crippen molar-refractivity contribution in [3.8, 4) is 12.3 Å². The molecule has 0 aromatic rings. The minimum absolute atomic E-state index is 0.0186. The molecule has 0 radical (unpaired) electrons. The van der Waals surface area contributed by atoms with Crippen molar-refractivity contribution in [2.24, 2.45) is 5.41 Å². The predicted molar refractivity (Wildman–Crippen MR) is 72.2 cm³/mol. The van der Waals surface area contributed by atoms with Gasteiger partial charge < -0.3 is 15.4 Å². The van der Waals surface area contributed by atoms with Crippen molar-refractivity contribution in [2.75, 3.05) is 26.8 Å². The SMILES string of the molecule is C#CCNC(=O)CNC(=O)C1(CCOC)CCCC1. The van der Waals surface area contributed by atoms with E-state index < -0.39 is 0 Å². The van der Waals surface area contributed by atoms with E-state index in [4.69, 9.17) is 11.2 Å². The minimum atomic E-state index is -0.359. The summed E-state index contributed by atoms with van der Waals surface area (Å²) in [7, 11) is 1.63. The van der Waals surface area contributed by atoms with Crippen molar-refractivity contribution >= 4 is 11.8 Å². The molecular formula is C14H22N2O3. The van der Waals surface area contributed by atoms with E-state index in [-0.39, 0.29) is 30.3 Å². The molecule has 0 aliphatic heterocycles. The van der Waals surface area contributed by atoms with Gasteiger partial charge in [-0.1, -0.05) is 18.8 Å². The third kappa shape index (κ3) is 4.56. The zero-order chi connectivity index (χ0) is 14.1. The lowest BCUT2D eigenvalue weighted by Gasteiger charge is -2.27. The van der Waals surface area contributed by atoms with Crippen LogP contribution in [0.5, 0.6) is 0 Å². The molecule has 1 rings (SSSR count). The van der Waals surface area contributed by atoms with Gasteiger partial charge in [-0.15, -0.1) is 6.42 Å². The fourth-order valence-corrected chi connectivity index (χ4v) is 2.50. The van der Waals surface area contributed by atoms with Gasteiger partial charge in [-0.3, -0.25) is 9.59 Å². The quantitative estimate of drug-likeness (QED) is 0.657. The Labute approximate surface area is 114 Å². The summed E-state index contributed by atoms with van der Waals surface area (Å²) in [5.74, 6) is 2.01. The van der Waals surface area contributed by atoms with Gasteiger partial charge in [0.1, 0.15) is 0 Å². The molecule has 2 N–H and O–H groups in total. The van der Waals surface area contributed by atoms with Gasteiger partial charge in [-0.2, -0.15) is 0 Å². The van der Waals surface area contributed by atoms with Gasteiger partial charge in [0, 0.05) is 13.7 Å². The first-order valence-electron chi connectivity index (χ1n) is 6.62. The Hall–Kier alpha value is -1.54. The molecule has 1 saturated carbocycles. The Bertz CT molecular complexity index is 354. The molecule has 0 aromatic carbocycles. The van der Waals surface area contributed by atoms with Crippen LogP contribution in [0.3, 0.4) is 0 Å². The number of carbonyl (C=O) groups excluding carboxylic acids is 2. The average molecular weight is 266 g/mol. The minimum Gasteiger partial charge on any atom is -0.385 e. The van der Waals surface area contributed by atoms with E-state index in [1.54, 1.807) is 7.11 Å². The molecule has 1 aliphatic rings. The number of methoxy groups -OCH3 is 1. The Balaban J connectivity index is 2.45. The van der Waals surface area contributed by atoms with Gasteiger partial charge in [0.2, 0.25) is 11.8 Å². The number of carbonyl (C=O) groups is 2. The molecule has 0 heterocycles. The number of terminal acetylenes is 1. The molecule has 19 heavy (non-hydrogen) atoms. The van der Waals surface area contributed by atoms with Crippen LogP contribution in [-0.4, -0.2) is 38.6 Å². The summed E-state index contributed by atoms with van der Waals surface area (Å²) in [6.45, 7) is 0.732. The first-order chi connectivity index (χ1) is 9.14. The van der Waals surface area contributed by atoms with E-state index in [1.807, 2.05) is 0 Å². The second kappa shape index (κ2) is 7.80. The number of hydrogen-bond donors (Lipinski definition) is 2. The van der Waals surface area contributed by atoms with Crippen LogP contribution in [0, 0.1) is 17.8 Å². The van der Waals surface area contributed by atoms with Crippen LogP contribution in [0.2, 0.25) is 0 Å². The molecule has 2 amide bonds. The standard InChI is InChI=1S/C14H22N2O3/c1-3-9-15-12(17)11-16-13(18)14(8-10-19-2)6-4-5-7-14/h1H,4-11H2,2H3,(H,15,17)(H,16,18). The molecule has 1 fully saturated rings. The van der Waals surface area contributed by atoms with Crippen LogP contribution in [0.4, 0.5) is 0 Å². The maximum Gasteiger partial charge on any atom is 0.240 e. The summed E-state index contributed by atoms with van der Waals surface area (Å²) in [5, 5.41) is 5.23. The largest absolute Gasteiger partial charge is 0.385 e. The van der Waals surface area contributed by atoms with Crippen molar-refractivity contribution in [3.63, 3.8) is 0 Å². The van der Waals surface area contributed by atoms with E-state index in [2.05, 4.69) is 16.6 Å². The second-order valence-corrected chi connectivity index (χ2v) is 4.89. The van der Waals surface area contributed by atoms with E-state index in [9.17, 15) is 9.59 Å². The first-order valence-corrected chi connectivity index (χ1v) is 6.62. The Morgan fingerprint density at radius 1 is 1.32 bits per heavy atom. The smallest absolute Gasteiger partial charge is 0.240 e. The molecule has 1 aliphatic carbocycles. The lowest BCUT2D eigenvalue weighted by Crippen LogP contribution is -2.44. The number of rotatable bonds is 7. The van der Waals surface area contributed by atoms with Crippen LogP contribution >= 0.6 is 0 Å². The van der Waals surface area contributed by atoms with Crippen molar-refractivity contribution < 1.29 is 14.3 Å². The summed E-state index contributed by atoms with van der Waals surface area (Å²) in [6.07, 6.45) is 9.60. The monoisotopic (exact) mass is 266 g/mol. The molecule has 0 bridgehead atoms. The van der Waals surface area contributed by atoms with E-state index in [0.717, 1.165) is 25.7 Å². The zero-order valence-electron chi connectivity index (χ0n) is 11.5. The number of ether oxygens (including phenoxy) is 1. The molecule has 0 aromatic heterocycles. The highest BCUT2D eigenvalue weighted by Crippen LogP contribution is 2.41. The molecule has 0 unspecified atom stereocenters. The average Bonchev–Trinajstić information content (AvgIpc) is 2.90. The third-order valence-electron chi connectivity index (χ3n) is 3.62. The number of hydrogen-bond acceptors (Lipinski definition) is 3. The zero-order valence-corrected chi connectivity index (χ0v) is 11.5. The van der Waals surface area contributed by atoms with Gasteiger partial charge in [-0.25, -0.2) is 0 Å². The van der Waals surface area contributed by atoms with E-state index >= 15 is 0 Å². The van der Waals surface area contributed by atoms with E-state index in [0.29, 0.717) is 13.0 Å². The maximum atomic E-state index is 12.3. The summed E-state index contributed by atoms with van der Waals surface area (Å²) >= 11 is 0. The van der Waals surface area contributed by atoms with Crippen molar-refractivity contribution in [3.05, 3.63) is 0 Å². The number of amides is 2. The fraction of sp³-hybridized carbons (Fsp3) is 0.714. The number of nitrogens with one attached hydrogen (secondary N) is 2. The molecule has 5 nitrogen and oxygen atoms in total. The molecule has 0 spiro atoms. The lowest BCUT2D eigenvalue weighted by atomic mass is 9.82. The summed E-state index contributed by atoms with van der Waals surface area (Å²) in [6, 6.07) is 0. The van der Waals surface area contributed by atoms with Gasteiger partial charge in [-0.05, 0) is 19.3 Å². The maximum absolute atomic E-state index is 12.3. The van der Waals surface area contributed by atoms with Gasteiger partial charge in [0.25, 0.3) is 0 Å². The van der Waals surface area contributed by atoms with E-state index in [1.165, 1.54) is 0 Å². The second-order valence-electron chi connectivity index (χ2n) is 4.89. The predicted octanol–water partition coefficient (Wildman–Crippen LogP) is 0.449. The Kier molecular flexibility index (Phi) is 6.37. The van der Waals surface area contributed by atoms with Crippen LogP contribution in [0.15, 0.2) is 0 Å². The highest BCUT2D eigenvalue weighted by atomic mass is 16.5.